The molecule has 0 unspecified atom stereocenters. The molecule has 31 heavy (non-hydrogen) atoms. The molecule has 1 fully saturated rings. The molecule has 1 atom stereocenters. The van der Waals surface area contributed by atoms with Crippen molar-refractivity contribution in [1.29, 1.82) is 0 Å². The number of hydrogen-bond acceptors (Lipinski definition) is 5. The number of likely N-dealkylation sites (tertiary alicyclic amines) is 1. The van der Waals surface area contributed by atoms with Crippen molar-refractivity contribution in [1.82, 2.24) is 24.9 Å². The van der Waals surface area contributed by atoms with Crippen molar-refractivity contribution >= 4 is 23.5 Å². The lowest BCUT2D eigenvalue weighted by atomic mass is 10.2. The Balaban J connectivity index is 1.56. The maximum atomic E-state index is 12.4. The van der Waals surface area contributed by atoms with Crippen LogP contribution in [0.5, 0.6) is 0 Å². The molecule has 3 rings (SSSR count). The van der Waals surface area contributed by atoms with Crippen LogP contribution >= 0.6 is 0 Å². The molecule has 0 aliphatic carbocycles. The van der Waals surface area contributed by atoms with Gasteiger partial charge in [0.05, 0.1) is 12.2 Å². The summed E-state index contributed by atoms with van der Waals surface area (Å²) >= 11 is 0. The van der Waals surface area contributed by atoms with Crippen molar-refractivity contribution in [2.45, 2.75) is 32.4 Å². The molecule has 2 aromatic rings. The van der Waals surface area contributed by atoms with E-state index in [0.717, 1.165) is 31.6 Å². The highest BCUT2D eigenvalue weighted by Gasteiger charge is 2.28. The van der Waals surface area contributed by atoms with Gasteiger partial charge < -0.3 is 15.5 Å². The minimum atomic E-state index is -0.768. The number of anilines is 1. The number of nitrogens with one attached hydrogen (secondary N) is 2. The van der Waals surface area contributed by atoms with Crippen LogP contribution in [0.4, 0.5) is 5.82 Å². The highest BCUT2D eigenvalue weighted by atomic mass is 16.2. The first-order valence-corrected chi connectivity index (χ1v) is 10.4. The third-order valence-corrected chi connectivity index (χ3v) is 5.38. The molecule has 166 valence electrons. The van der Waals surface area contributed by atoms with E-state index in [1.54, 1.807) is 25.0 Å². The van der Waals surface area contributed by atoms with Crippen LogP contribution in [-0.2, 0) is 20.9 Å². The predicted octanol–water partition coefficient (Wildman–Crippen LogP) is 1.17. The van der Waals surface area contributed by atoms with Gasteiger partial charge in [-0.2, -0.15) is 5.10 Å². The maximum absolute atomic E-state index is 12.4. The normalized spacial score (nSPS) is 16.2. The molecule has 1 aromatic heterocycles. The Hall–Kier alpha value is -3.20. The van der Waals surface area contributed by atoms with Crippen LogP contribution in [0.2, 0.25) is 0 Å². The molecule has 2 N–H and O–H groups in total. The fourth-order valence-corrected chi connectivity index (χ4v) is 3.63. The van der Waals surface area contributed by atoms with Gasteiger partial charge >= 0.3 is 11.8 Å². The number of aromatic nitrogens is 2. The SMILES string of the molecule is Cc1cnn([C@H]2CCN(Cc3ccccc3)C2)c1NC(=O)C(=O)NCCC(=O)N(C)C. The number of aryl methyl sites for hydroxylation is 1. The van der Waals surface area contributed by atoms with E-state index in [1.807, 2.05) is 25.1 Å². The van der Waals surface area contributed by atoms with Crippen LogP contribution in [0.3, 0.4) is 0 Å². The molecular formula is C22H30N6O3. The van der Waals surface area contributed by atoms with Crippen LogP contribution in [0.1, 0.15) is 30.0 Å². The fourth-order valence-electron chi connectivity index (χ4n) is 3.63. The third-order valence-electron chi connectivity index (χ3n) is 5.38. The summed E-state index contributed by atoms with van der Waals surface area (Å²) in [5.74, 6) is -1.11. The van der Waals surface area contributed by atoms with Crippen molar-refractivity contribution in [3.8, 4) is 0 Å². The molecule has 2 heterocycles. The van der Waals surface area contributed by atoms with Crippen LogP contribution < -0.4 is 10.6 Å². The summed E-state index contributed by atoms with van der Waals surface area (Å²) in [6, 6.07) is 10.4. The lowest BCUT2D eigenvalue weighted by Crippen LogP contribution is -2.38. The van der Waals surface area contributed by atoms with Crippen molar-refractivity contribution in [3.05, 3.63) is 47.7 Å². The van der Waals surface area contributed by atoms with Crippen LogP contribution in [0, 0.1) is 6.92 Å². The standard InChI is InChI=1S/C22H30N6O3/c1-16-13-24-28(18-10-12-27(15-18)14-17-7-5-4-6-8-17)20(16)25-22(31)21(30)23-11-9-19(29)26(2)3/h4-8,13,18H,9-12,14-15H2,1-3H3,(H,23,30)(H,25,31)/t18-/m0/s1. The molecule has 3 amide bonds. The Kier molecular flexibility index (Phi) is 7.41. The van der Waals surface area contributed by atoms with Crippen molar-refractivity contribution < 1.29 is 14.4 Å². The Morgan fingerprint density at radius 2 is 1.90 bits per heavy atom. The van der Waals surface area contributed by atoms with Gasteiger partial charge in [0.1, 0.15) is 5.82 Å². The highest BCUT2D eigenvalue weighted by Crippen LogP contribution is 2.27. The number of benzene rings is 1. The van der Waals surface area contributed by atoms with E-state index in [9.17, 15) is 14.4 Å². The van der Waals surface area contributed by atoms with Gasteiger partial charge in [-0.3, -0.25) is 19.3 Å². The molecule has 1 aliphatic rings. The molecule has 1 aliphatic heterocycles. The summed E-state index contributed by atoms with van der Waals surface area (Å²) in [4.78, 5) is 39.9. The van der Waals surface area contributed by atoms with Gasteiger partial charge in [-0.25, -0.2) is 4.68 Å². The topological polar surface area (TPSA) is 99.6 Å². The van der Waals surface area contributed by atoms with E-state index < -0.39 is 11.8 Å². The summed E-state index contributed by atoms with van der Waals surface area (Å²) in [5.41, 5.74) is 2.06. The van der Waals surface area contributed by atoms with Crippen LogP contribution in [0.15, 0.2) is 36.5 Å². The van der Waals surface area contributed by atoms with E-state index in [-0.39, 0.29) is 24.9 Å². The van der Waals surface area contributed by atoms with Gasteiger partial charge in [0, 0.05) is 52.3 Å². The zero-order chi connectivity index (χ0) is 22.4. The minimum Gasteiger partial charge on any atom is -0.349 e. The summed E-state index contributed by atoms with van der Waals surface area (Å²) < 4.78 is 1.81. The molecule has 0 radical (unpaired) electrons. The Bertz CT molecular complexity index is 925. The molecule has 1 aromatic carbocycles. The molecule has 0 spiro atoms. The van der Waals surface area contributed by atoms with E-state index in [2.05, 4.69) is 32.8 Å². The molecule has 0 bridgehead atoms. The van der Waals surface area contributed by atoms with E-state index in [1.165, 1.54) is 10.5 Å². The quantitative estimate of drug-likeness (QED) is 0.648. The third kappa shape index (κ3) is 5.91. The zero-order valence-electron chi connectivity index (χ0n) is 18.3. The summed E-state index contributed by atoms with van der Waals surface area (Å²) in [6.07, 6.45) is 2.75. The summed E-state index contributed by atoms with van der Waals surface area (Å²) in [7, 11) is 3.29. The predicted molar refractivity (Wildman–Crippen MR) is 117 cm³/mol. The maximum Gasteiger partial charge on any atom is 0.314 e. The fraction of sp³-hybridized carbons (Fsp3) is 0.455. The lowest BCUT2D eigenvalue weighted by Gasteiger charge is -2.18. The molecule has 1 saturated heterocycles. The van der Waals surface area contributed by atoms with E-state index in [4.69, 9.17) is 0 Å². The van der Waals surface area contributed by atoms with Crippen molar-refractivity contribution in [3.63, 3.8) is 0 Å². The first-order valence-electron chi connectivity index (χ1n) is 10.4. The average molecular weight is 427 g/mol. The second-order valence-electron chi connectivity index (χ2n) is 8.03. The van der Waals surface area contributed by atoms with Gasteiger partial charge in [-0.15, -0.1) is 0 Å². The van der Waals surface area contributed by atoms with Gasteiger partial charge in [-0.1, -0.05) is 30.3 Å². The van der Waals surface area contributed by atoms with E-state index in [0.29, 0.717) is 5.82 Å². The Morgan fingerprint density at radius 1 is 1.16 bits per heavy atom. The molecule has 9 nitrogen and oxygen atoms in total. The van der Waals surface area contributed by atoms with Crippen molar-refractivity contribution in [2.75, 3.05) is 39.0 Å². The Morgan fingerprint density at radius 3 is 2.61 bits per heavy atom. The number of hydrogen-bond donors (Lipinski definition) is 2. The minimum absolute atomic E-state index is 0.110. The van der Waals surface area contributed by atoms with Crippen LogP contribution in [0.25, 0.3) is 0 Å². The number of nitrogens with zero attached hydrogens (tertiary/aromatic N) is 4. The largest absolute Gasteiger partial charge is 0.349 e. The molecule has 0 saturated carbocycles. The summed E-state index contributed by atoms with van der Waals surface area (Å²) in [6.45, 7) is 4.58. The Labute approximate surface area is 182 Å². The summed E-state index contributed by atoms with van der Waals surface area (Å²) in [5, 5.41) is 9.63. The zero-order valence-corrected chi connectivity index (χ0v) is 18.3. The smallest absolute Gasteiger partial charge is 0.314 e. The monoisotopic (exact) mass is 426 g/mol. The first-order chi connectivity index (χ1) is 14.8. The highest BCUT2D eigenvalue weighted by molar-refractivity contribution is 6.39. The number of amides is 3. The van der Waals surface area contributed by atoms with Crippen LogP contribution in [-0.4, -0.2) is 71.0 Å². The number of carbonyl (C=O) groups is 3. The van der Waals surface area contributed by atoms with Gasteiger partial charge in [-0.05, 0) is 18.9 Å². The van der Waals surface area contributed by atoms with Gasteiger partial charge in [0.2, 0.25) is 5.91 Å². The first kappa shape index (κ1) is 22.5. The average Bonchev–Trinajstić information content (AvgIpc) is 3.35. The molecular weight excluding hydrogens is 396 g/mol. The number of carbonyl (C=O) groups excluding carboxylic acids is 3. The van der Waals surface area contributed by atoms with E-state index >= 15 is 0 Å². The van der Waals surface area contributed by atoms with Gasteiger partial charge in [0.15, 0.2) is 0 Å². The second kappa shape index (κ2) is 10.2. The van der Waals surface area contributed by atoms with Crippen molar-refractivity contribution in [2.24, 2.45) is 0 Å². The lowest BCUT2D eigenvalue weighted by molar-refractivity contribution is -0.136. The molecule has 9 heteroatoms. The second-order valence-corrected chi connectivity index (χ2v) is 8.03. The number of rotatable bonds is 7. The van der Waals surface area contributed by atoms with Gasteiger partial charge in [0.25, 0.3) is 0 Å².